The number of benzene rings is 1. The second-order valence-corrected chi connectivity index (χ2v) is 8.20. The molecule has 2 rings (SSSR count). The van der Waals surface area contributed by atoms with Gasteiger partial charge < -0.3 is 16.0 Å². The highest BCUT2D eigenvalue weighted by Gasteiger charge is 2.33. The molecule has 1 aliphatic rings. The third-order valence-corrected chi connectivity index (χ3v) is 5.05. The van der Waals surface area contributed by atoms with Crippen molar-refractivity contribution in [1.29, 1.82) is 0 Å². The van der Waals surface area contributed by atoms with Crippen molar-refractivity contribution in [2.24, 2.45) is 11.3 Å². The predicted octanol–water partition coefficient (Wildman–Crippen LogP) is 3.21. The molecule has 2 unspecified atom stereocenters. The highest BCUT2D eigenvalue weighted by molar-refractivity contribution is 5.94. The summed E-state index contributed by atoms with van der Waals surface area (Å²) >= 11 is 0. The molecule has 0 heterocycles. The molecule has 2 amide bonds. The Hall–Kier alpha value is -2.02. The first kappa shape index (κ1) is 21.3. The number of rotatable bonds is 6. The van der Waals surface area contributed by atoms with Crippen molar-refractivity contribution in [2.45, 2.75) is 52.5 Å². The highest BCUT2D eigenvalue weighted by Crippen LogP contribution is 2.37. The van der Waals surface area contributed by atoms with Gasteiger partial charge in [0.05, 0.1) is 13.1 Å². The maximum atomic E-state index is 13.1. The van der Waals surface area contributed by atoms with Crippen LogP contribution in [0.1, 0.15) is 46.5 Å². The fraction of sp³-hybridized carbons (Fsp3) is 0.600. The van der Waals surface area contributed by atoms with Crippen LogP contribution in [0.15, 0.2) is 18.2 Å². The van der Waals surface area contributed by atoms with E-state index in [-0.39, 0.29) is 30.1 Å². The van der Waals surface area contributed by atoms with Gasteiger partial charge in [0.25, 0.3) is 0 Å². The Morgan fingerprint density at radius 2 is 1.74 bits per heavy atom. The van der Waals surface area contributed by atoms with Crippen molar-refractivity contribution in [2.75, 3.05) is 18.4 Å². The number of nitrogens with one attached hydrogen (secondary N) is 3. The summed E-state index contributed by atoms with van der Waals surface area (Å²) in [6, 6.07) is 3.38. The number of amides is 2. The minimum Gasteiger partial charge on any atom is -0.346 e. The van der Waals surface area contributed by atoms with Gasteiger partial charge in [-0.05, 0) is 36.3 Å². The first-order valence-electron chi connectivity index (χ1n) is 9.42. The number of hydrogen-bond donors (Lipinski definition) is 3. The number of carbonyl (C=O) groups excluding carboxylic acids is 2. The number of anilines is 1. The van der Waals surface area contributed by atoms with E-state index in [4.69, 9.17) is 0 Å². The maximum absolute atomic E-state index is 13.1. The Kier molecular flexibility index (Phi) is 7.30. The van der Waals surface area contributed by atoms with Gasteiger partial charge in [0, 0.05) is 17.8 Å². The summed E-state index contributed by atoms with van der Waals surface area (Å²) in [5.41, 5.74) is 0.320. The highest BCUT2D eigenvalue weighted by atomic mass is 19.2. The molecule has 1 aromatic carbocycles. The van der Waals surface area contributed by atoms with Gasteiger partial charge in [-0.3, -0.25) is 9.59 Å². The summed E-state index contributed by atoms with van der Waals surface area (Å²) in [5, 5.41) is 8.29. The van der Waals surface area contributed by atoms with Crippen LogP contribution in [-0.4, -0.2) is 30.9 Å². The van der Waals surface area contributed by atoms with E-state index in [2.05, 4.69) is 36.7 Å². The first-order valence-corrected chi connectivity index (χ1v) is 9.42. The summed E-state index contributed by atoms with van der Waals surface area (Å²) in [4.78, 5) is 23.9. The summed E-state index contributed by atoms with van der Waals surface area (Å²) in [6.45, 7) is 6.59. The lowest BCUT2D eigenvalue weighted by Crippen LogP contribution is -2.48. The fourth-order valence-corrected chi connectivity index (χ4v) is 3.66. The number of carbonyl (C=O) groups is 2. The second-order valence-electron chi connectivity index (χ2n) is 8.20. The standard InChI is InChI=1S/C20H29F2N3O2/c1-20(2,3)14-6-4-5-7-17(14)23-11-18(26)24-12-19(27)25-13-8-9-15(21)16(22)10-13/h8-10,14,17,23H,4-7,11-12H2,1-3H3,(H,24,26)(H,25,27). The molecule has 0 radical (unpaired) electrons. The normalized spacial score (nSPS) is 20.2. The van der Waals surface area contributed by atoms with Gasteiger partial charge >= 0.3 is 0 Å². The molecular formula is C20H29F2N3O2. The van der Waals surface area contributed by atoms with Gasteiger partial charge in [-0.1, -0.05) is 33.6 Å². The van der Waals surface area contributed by atoms with E-state index >= 15 is 0 Å². The zero-order valence-electron chi connectivity index (χ0n) is 16.2. The van der Waals surface area contributed by atoms with Crippen LogP contribution in [0.3, 0.4) is 0 Å². The zero-order chi connectivity index (χ0) is 20.0. The SMILES string of the molecule is CC(C)(C)C1CCCCC1NCC(=O)NCC(=O)Nc1ccc(F)c(F)c1. The molecule has 1 aromatic rings. The smallest absolute Gasteiger partial charge is 0.243 e. The summed E-state index contributed by atoms with van der Waals surface area (Å²) in [6.07, 6.45) is 4.57. The predicted molar refractivity (Wildman–Crippen MR) is 101 cm³/mol. The first-order chi connectivity index (χ1) is 12.7. The molecular weight excluding hydrogens is 352 g/mol. The van der Waals surface area contributed by atoms with E-state index in [9.17, 15) is 18.4 Å². The van der Waals surface area contributed by atoms with Crippen LogP contribution in [0.5, 0.6) is 0 Å². The minimum absolute atomic E-state index is 0.140. The molecule has 2 atom stereocenters. The van der Waals surface area contributed by atoms with Crippen molar-refractivity contribution >= 4 is 17.5 Å². The molecule has 5 nitrogen and oxygen atoms in total. The largest absolute Gasteiger partial charge is 0.346 e. The molecule has 1 fully saturated rings. The van der Waals surface area contributed by atoms with E-state index in [0.29, 0.717) is 12.0 Å². The van der Waals surface area contributed by atoms with Crippen LogP contribution in [-0.2, 0) is 9.59 Å². The summed E-state index contributed by atoms with van der Waals surface area (Å²) in [5.74, 6) is -2.28. The van der Waals surface area contributed by atoms with E-state index in [0.717, 1.165) is 31.4 Å². The Labute approximate surface area is 159 Å². The van der Waals surface area contributed by atoms with Crippen molar-refractivity contribution in [1.82, 2.24) is 10.6 Å². The molecule has 1 saturated carbocycles. The Morgan fingerprint density at radius 1 is 1.04 bits per heavy atom. The molecule has 27 heavy (non-hydrogen) atoms. The van der Waals surface area contributed by atoms with Crippen LogP contribution in [0.2, 0.25) is 0 Å². The van der Waals surface area contributed by atoms with Crippen LogP contribution < -0.4 is 16.0 Å². The summed E-state index contributed by atoms with van der Waals surface area (Å²) in [7, 11) is 0. The average Bonchev–Trinajstić information content (AvgIpc) is 2.61. The molecule has 0 spiro atoms. The van der Waals surface area contributed by atoms with Crippen LogP contribution in [0.25, 0.3) is 0 Å². The monoisotopic (exact) mass is 381 g/mol. The van der Waals surface area contributed by atoms with E-state index in [1.165, 1.54) is 12.5 Å². The lowest BCUT2D eigenvalue weighted by atomic mass is 9.69. The van der Waals surface area contributed by atoms with Crippen molar-refractivity contribution in [3.05, 3.63) is 29.8 Å². The Balaban J connectivity index is 1.75. The molecule has 0 bridgehead atoms. The second kappa shape index (κ2) is 9.26. The molecule has 0 aromatic heterocycles. The third kappa shape index (κ3) is 6.57. The van der Waals surface area contributed by atoms with Crippen molar-refractivity contribution in [3.63, 3.8) is 0 Å². The van der Waals surface area contributed by atoms with Gasteiger partial charge in [-0.25, -0.2) is 8.78 Å². The molecule has 3 N–H and O–H groups in total. The van der Waals surface area contributed by atoms with Crippen molar-refractivity contribution < 1.29 is 18.4 Å². The third-order valence-electron chi connectivity index (χ3n) is 5.05. The molecule has 7 heteroatoms. The van der Waals surface area contributed by atoms with Gasteiger partial charge in [0.15, 0.2) is 11.6 Å². The van der Waals surface area contributed by atoms with E-state index in [1.807, 2.05) is 0 Å². The van der Waals surface area contributed by atoms with E-state index in [1.54, 1.807) is 0 Å². The Morgan fingerprint density at radius 3 is 2.41 bits per heavy atom. The van der Waals surface area contributed by atoms with Crippen LogP contribution in [0.4, 0.5) is 14.5 Å². The molecule has 150 valence electrons. The average molecular weight is 381 g/mol. The van der Waals surface area contributed by atoms with Crippen LogP contribution in [0, 0.1) is 23.0 Å². The number of halogens is 2. The lowest BCUT2D eigenvalue weighted by Gasteiger charge is -2.40. The molecule has 1 aliphatic carbocycles. The molecule has 0 saturated heterocycles. The number of hydrogen-bond acceptors (Lipinski definition) is 3. The maximum Gasteiger partial charge on any atom is 0.243 e. The zero-order valence-corrected chi connectivity index (χ0v) is 16.2. The summed E-state index contributed by atoms with van der Waals surface area (Å²) < 4.78 is 26.0. The van der Waals surface area contributed by atoms with Gasteiger partial charge in [0.1, 0.15) is 0 Å². The van der Waals surface area contributed by atoms with Crippen molar-refractivity contribution in [3.8, 4) is 0 Å². The Bertz CT molecular complexity index is 674. The van der Waals surface area contributed by atoms with E-state index < -0.39 is 17.5 Å². The quantitative estimate of drug-likeness (QED) is 0.709. The fourth-order valence-electron chi connectivity index (χ4n) is 3.66. The van der Waals surface area contributed by atoms with Gasteiger partial charge in [-0.15, -0.1) is 0 Å². The minimum atomic E-state index is -1.04. The van der Waals surface area contributed by atoms with Crippen LogP contribution >= 0.6 is 0 Å². The van der Waals surface area contributed by atoms with Gasteiger partial charge in [-0.2, -0.15) is 0 Å². The topological polar surface area (TPSA) is 70.2 Å². The lowest BCUT2D eigenvalue weighted by molar-refractivity contribution is -0.123. The van der Waals surface area contributed by atoms with Gasteiger partial charge in [0.2, 0.25) is 11.8 Å². The molecule has 0 aliphatic heterocycles.